The van der Waals surface area contributed by atoms with Crippen LogP contribution in [0.2, 0.25) is 0 Å². The third-order valence-electron chi connectivity index (χ3n) is 6.89. The monoisotopic (exact) mass is 639 g/mol. The molecule has 3 rings (SSSR count). The van der Waals surface area contributed by atoms with Crippen LogP contribution in [0.15, 0.2) is 46.9 Å². The van der Waals surface area contributed by atoms with Crippen LogP contribution in [0.5, 0.6) is 11.5 Å². The zero-order valence-electron chi connectivity index (χ0n) is 26.0. The molecule has 4 unspecified atom stereocenters. The Balaban J connectivity index is 1.71. The van der Waals surface area contributed by atoms with E-state index in [0.717, 1.165) is 0 Å². The number of oxazole rings is 1. The maximum absolute atomic E-state index is 13.2. The van der Waals surface area contributed by atoms with E-state index in [-0.39, 0.29) is 23.3 Å². The number of carboxylic acid groups (broad SMARTS) is 1. The number of nitrogens with one attached hydrogen (secondary N) is 4. The highest BCUT2D eigenvalue weighted by Crippen LogP contribution is 2.26. The van der Waals surface area contributed by atoms with Gasteiger partial charge in [-0.15, -0.1) is 0 Å². The molecule has 0 saturated heterocycles. The van der Waals surface area contributed by atoms with Gasteiger partial charge >= 0.3 is 5.97 Å². The smallest absolute Gasteiger partial charge is 0.305 e. The molecular weight excluding hydrogens is 602 g/mol. The Morgan fingerprint density at radius 1 is 0.870 bits per heavy atom. The molecule has 0 bridgehead atoms. The van der Waals surface area contributed by atoms with Crippen LogP contribution in [0.25, 0.3) is 11.1 Å². The summed E-state index contributed by atoms with van der Waals surface area (Å²) in [5, 5.41) is 28.9. The van der Waals surface area contributed by atoms with E-state index < -0.39 is 77.8 Å². The lowest BCUT2D eigenvalue weighted by Crippen LogP contribution is -2.58. The number of phenolic OH excluding ortho intramolecular Hbond substituents is 1. The highest BCUT2D eigenvalue weighted by Gasteiger charge is 2.33. The summed E-state index contributed by atoms with van der Waals surface area (Å²) in [6.07, 6.45) is -0.722. The fourth-order valence-electron chi connectivity index (χ4n) is 4.50. The number of carbonyl (C=O) groups is 6. The Morgan fingerprint density at radius 2 is 1.54 bits per heavy atom. The predicted molar refractivity (Wildman–Crippen MR) is 163 cm³/mol. The van der Waals surface area contributed by atoms with Crippen molar-refractivity contribution in [1.29, 1.82) is 0 Å². The maximum Gasteiger partial charge on any atom is 0.305 e. The van der Waals surface area contributed by atoms with Crippen molar-refractivity contribution in [3.63, 3.8) is 0 Å². The quantitative estimate of drug-likeness (QED) is 0.129. The van der Waals surface area contributed by atoms with Gasteiger partial charge in [-0.1, -0.05) is 32.0 Å². The van der Waals surface area contributed by atoms with E-state index >= 15 is 0 Å². The Hall–Kier alpha value is -5.47. The molecule has 1 aromatic heterocycles. The molecule has 0 aliphatic carbocycles. The summed E-state index contributed by atoms with van der Waals surface area (Å²) >= 11 is 0. The number of benzene rings is 2. The molecule has 0 aliphatic heterocycles. The van der Waals surface area contributed by atoms with Crippen molar-refractivity contribution >= 4 is 46.5 Å². The highest BCUT2D eigenvalue weighted by atomic mass is 16.5. The van der Waals surface area contributed by atoms with Gasteiger partial charge in [0.1, 0.15) is 35.7 Å². The van der Waals surface area contributed by atoms with Gasteiger partial charge in [-0.05, 0) is 42.7 Å². The Bertz CT molecular complexity index is 1600. The fourth-order valence-corrected chi connectivity index (χ4v) is 4.50. The van der Waals surface area contributed by atoms with E-state index in [1.54, 1.807) is 44.2 Å². The number of hydrogen-bond donors (Lipinski definition) is 6. The van der Waals surface area contributed by atoms with E-state index in [2.05, 4.69) is 26.3 Å². The lowest BCUT2D eigenvalue weighted by Gasteiger charge is -2.26. The normalized spacial score (nSPS) is 13.6. The number of carboxylic acids is 1. The zero-order valence-corrected chi connectivity index (χ0v) is 26.0. The minimum Gasteiger partial charge on any atom is -0.508 e. The van der Waals surface area contributed by atoms with Gasteiger partial charge in [-0.2, -0.15) is 0 Å². The number of nitrogens with zero attached hydrogens (tertiary/aromatic N) is 1. The van der Waals surface area contributed by atoms with E-state index in [0.29, 0.717) is 11.3 Å². The third kappa shape index (κ3) is 9.27. The molecule has 4 atom stereocenters. The van der Waals surface area contributed by atoms with E-state index in [1.165, 1.54) is 33.1 Å². The molecule has 246 valence electrons. The van der Waals surface area contributed by atoms with Crippen LogP contribution >= 0.6 is 0 Å². The van der Waals surface area contributed by atoms with Crippen molar-refractivity contribution in [3.8, 4) is 11.5 Å². The second-order valence-electron chi connectivity index (χ2n) is 10.9. The number of ether oxygens (including phenoxy) is 1. The molecule has 1 heterocycles. The second kappa shape index (κ2) is 15.5. The number of fused-ring (bicyclic) bond motifs is 1. The molecule has 15 nitrogen and oxygen atoms in total. The van der Waals surface area contributed by atoms with Crippen molar-refractivity contribution in [2.45, 2.75) is 64.7 Å². The molecule has 0 spiro atoms. The molecule has 3 aromatic rings. The molecule has 46 heavy (non-hydrogen) atoms. The van der Waals surface area contributed by atoms with Crippen LogP contribution in [0, 0.1) is 5.92 Å². The summed E-state index contributed by atoms with van der Waals surface area (Å²) < 4.78 is 10.7. The Labute approximate surface area is 264 Å². The summed E-state index contributed by atoms with van der Waals surface area (Å²) in [5.74, 6) is -5.56. The summed E-state index contributed by atoms with van der Waals surface area (Å²) in [5.41, 5.74) is 1.10. The Kier molecular flexibility index (Phi) is 11.8. The molecule has 6 N–H and O–H groups in total. The summed E-state index contributed by atoms with van der Waals surface area (Å²) in [6, 6.07) is 5.79. The minimum absolute atomic E-state index is 0.0319. The number of para-hydroxylation sites is 1. The first-order chi connectivity index (χ1) is 21.7. The van der Waals surface area contributed by atoms with E-state index in [1.807, 2.05) is 0 Å². The standard InChI is InChI=1S/C31H37N5O10/c1-15(2)25(35-29(43)21(33-17(4)37)13-18-9-11-19(38)12-10-18)30(44)32-16(3)28(42)34-20(14-24(39)40)27(41)31-36-26-22(45-5)7-6-8-23(26)46-31/h6-12,15-16,20-21,25,38H,13-14H2,1-5H3,(H,32,44)(H,33,37)(H,34,42)(H,35,43)(H,39,40). The summed E-state index contributed by atoms with van der Waals surface area (Å²) in [6.45, 7) is 5.90. The van der Waals surface area contributed by atoms with Crippen LogP contribution in [0.4, 0.5) is 0 Å². The molecule has 0 radical (unpaired) electrons. The lowest BCUT2D eigenvalue weighted by atomic mass is 10.0. The molecule has 15 heteroatoms. The number of amides is 4. The number of ketones is 1. The van der Waals surface area contributed by atoms with Gasteiger partial charge in [-0.3, -0.25) is 28.8 Å². The zero-order chi connectivity index (χ0) is 34.1. The molecule has 2 aromatic carbocycles. The fraction of sp³-hybridized carbons (Fsp3) is 0.387. The van der Waals surface area contributed by atoms with Crippen molar-refractivity contribution in [1.82, 2.24) is 26.3 Å². The first-order valence-electron chi connectivity index (χ1n) is 14.4. The average Bonchev–Trinajstić information content (AvgIpc) is 3.43. The number of hydrogen-bond acceptors (Lipinski definition) is 10. The molecule has 0 fully saturated rings. The first kappa shape index (κ1) is 35.0. The maximum atomic E-state index is 13.2. The van der Waals surface area contributed by atoms with Gasteiger partial charge in [-0.25, -0.2) is 4.98 Å². The first-order valence-corrected chi connectivity index (χ1v) is 14.4. The van der Waals surface area contributed by atoms with Gasteiger partial charge in [0.25, 0.3) is 5.89 Å². The number of aromatic nitrogens is 1. The minimum atomic E-state index is -1.58. The van der Waals surface area contributed by atoms with Crippen molar-refractivity contribution in [3.05, 3.63) is 53.9 Å². The topological polar surface area (TPSA) is 226 Å². The number of methoxy groups -OCH3 is 1. The van der Waals surface area contributed by atoms with Crippen molar-refractivity contribution in [2.24, 2.45) is 5.92 Å². The number of aromatic hydroxyl groups is 1. The largest absolute Gasteiger partial charge is 0.508 e. The van der Waals surface area contributed by atoms with Gasteiger partial charge < -0.3 is 40.6 Å². The Morgan fingerprint density at radius 3 is 2.13 bits per heavy atom. The van der Waals surface area contributed by atoms with Gasteiger partial charge in [0.15, 0.2) is 11.1 Å². The van der Waals surface area contributed by atoms with E-state index in [4.69, 9.17) is 9.15 Å². The van der Waals surface area contributed by atoms with Gasteiger partial charge in [0.2, 0.25) is 29.4 Å². The highest BCUT2D eigenvalue weighted by molar-refractivity contribution is 6.03. The number of Topliss-reactive ketones (excluding diaryl/α,β-unsaturated/α-hetero) is 1. The van der Waals surface area contributed by atoms with Crippen LogP contribution in [0.3, 0.4) is 0 Å². The number of phenols is 1. The van der Waals surface area contributed by atoms with Crippen LogP contribution in [0.1, 0.15) is 50.4 Å². The second-order valence-corrected chi connectivity index (χ2v) is 10.9. The van der Waals surface area contributed by atoms with Crippen LogP contribution in [-0.4, -0.2) is 81.9 Å². The van der Waals surface area contributed by atoms with Crippen LogP contribution < -0.4 is 26.0 Å². The van der Waals surface area contributed by atoms with Crippen molar-refractivity contribution < 1.29 is 48.1 Å². The molecule has 0 saturated carbocycles. The summed E-state index contributed by atoms with van der Waals surface area (Å²) in [4.78, 5) is 80.1. The average molecular weight is 640 g/mol. The molecule has 0 aliphatic rings. The molecular formula is C31H37N5O10. The van der Waals surface area contributed by atoms with Gasteiger partial charge in [0.05, 0.1) is 13.5 Å². The third-order valence-corrected chi connectivity index (χ3v) is 6.89. The number of rotatable bonds is 15. The number of carbonyl (C=O) groups excluding carboxylic acids is 5. The predicted octanol–water partition coefficient (Wildman–Crippen LogP) is 1.08. The van der Waals surface area contributed by atoms with Gasteiger partial charge in [0, 0.05) is 13.3 Å². The number of aliphatic carboxylic acids is 1. The van der Waals surface area contributed by atoms with E-state index in [9.17, 15) is 39.0 Å². The molecule has 4 amide bonds. The SMILES string of the molecule is COc1cccc2oc(C(=O)C(CC(=O)O)NC(=O)C(C)NC(=O)C(NC(=O)C(Cc3ccc(O)cc3)NC(C)=O)C(C)C)nc12. The van der Waals surface area contributed by atoms with Crippen LogP contribution in [-0.2, 0) is 30.4 Å². The van der Waals surface area contributed by atoms with Crippen molar-refractivity contribution in [2.75, 3.05) is 7.11 Å². The lowest BCUT2D eigenvalue weighted by molar-refractivity contribution is -0.138. The summed E-state index contributed by atoms with van der Waals surface area (Å²) in [7, 11) is 1.41.